The second-order valence-corrected chi connectivity index (χ2v) is 9.14. The SMILES string of the molecule is CCCCCN1CC(=O)N(c2ccc(C)cc2)C2CS(=O)(=O)CC21. The number of piperazine rings is 1. The maximum absolute atomic E-state index is 12.8. The Labute approximate surface area is 144 Å². The molecule has 1 amide bonds. The fraction of sp³-hybridized carbons (Fsp3) is 0.611. The standard InChI is InChI=1S/C18H26N2O3S/c1-3-4-5-10-19-11-18(21)20(15-8-6-14(2)7-9-15)17-13-24(22,23)12-16(17)19/h6-9,16-17H,3-5,10-13H2,1-2H3. The number of nitrogens with zero attached hydrogens (tertiary/aromatic N) is 2. The minimum Gasteiger partial charge on any atom is -0.306 e. The van der Waals surface area contributed by atoms with Crippen molar-refractivity contribution in [2.45, 2.75) is 45.2 Å². The van der Waals surface area contributed by atoms with Crippen LogP contribution in [0.1, 0.15) is 31.7 Å². The minimum absolute atomic E-state index is 0.00806. The van der Waals surface area contributed by atoms with Crippen LogP contribution in [0.5, 0.6) is 0 Å². The molecule has 2 unspecified atom stereocenters. The van der Waals surface area contributed by atoms with Crippen molar-refractivity contribution in [2.75, 3.05) is 29.5 Å². The van der Waals surface area contributed by atoms with Crippen LogP contribution in [0, 0.1) is 6.92 Å². The van der Waals surface area contributed by atoms with Crippen LogP contribution in [0.4, 0.5) is 5.69 Å². The molecule has 132 valence electrons. The van der Waals surface area contributed by atoms with E-state index >= 15 is 0 Å². The fourth-order valence-electron chi connectivity index (χ4n) is 3.81. The fourth-order valence-corrected chi connectivity index (χ4v) is 5.79. The summed E-state index contributed by atoms with van der Waals surface area (Å²) in [6.45, 7) is 5.26. The Bertz CT molecular complexity index is 699. The van der Waals surface area contributed by atoms with Crippen LogP contribution in [0.25, 0.3) is 0 Å². The summed E-state index contributed by atoms with van der Waals surface area (Å²) in [5.41, 5.74) is 1.94. The number of anilines is 1. The number of hydrogen-bond donors (Lipinski definition) is 0. The number of hydrogen-bond acceptors (Lipinski definition) is 4. The molecule has 0 aliphatic carbocycles. The Kier molecular flexibility index (Phi) is 4.97. The van der Waals surface area contributed by atoms with Gasteiger partial charge in [-0.05, 0) is 32.0 Å². The van der Waals surface area contributed by atoms with Crippen LogP contribution in [-0.4, -0.2) is 55.9 Å². The second-order valence-electron chi connectivity index (χ2n) is 6.99. The molecule has 0 aromatic heterocycles. The van der Waals surface area contributed by atoms with Gasteiger partial charge < -0.3 is 4.90 Å². The number of benzene rings is 1. The van der Waals surface area contributed by atoms with Gasteiger partial charge in [-0.25, -0.2) is 8.42 Å². The average Bonchev–Trinajstić information content (AvgIpc) is 2.84. The van der Waals surface area contributed by atoms with E-state index in [4.69, 9.17) is 0 Å². The molecule has 2 aliphatic rings. The highest BCUT2D eigenvalue weighted by Gasteiger charge is 2.49. The molecule has 2 heterocycles. The number of sulfone groups is 1. The zero-order valence-electron chi connectivity index (χ0n) is 14.4. The van der Waals surface area contributed by atoms with E-state index in [1.165, 1.54) is 0 Å². The molecular formula is C18H26N2O3S. The van der Waals surface area contributed by atoms with Crippen molar-refractivity contribution in [3.05, 3.63) is 29.8 Å². The van der Waals surface area contributed by atoms with Crippen molar-refractivity contribution in [2.24, 2.45) is 0 Å². The van der Waals surface area contributed by atoms with E-state index < -0.39 is 9.84 Å². The lowest BCUT2D eigenvalue weighted by Gasteiger charge is -2.43. The quantitative estimate of drug-likeness (QED) is 0.762. The van der Waals surface area contributed by atoms with Crippen LogP contribution >= 0.6 is 0 Å². The van der Waals surface area contributed by atoms with Gasteiger partial charge in [0.2, 0.25) is 5.91 Å². The summed E-state index contributed by atoms with van der Waals surface area (Å²) >= 11 is 0. The summed E-state index contributed by atoms with van der Waals surface area (Å²) in [7, 11) is -3.10. The van der Waals surface area contributed by atoms with E-state index in [0.717, 1.165) is 37.1 Å². The topological polar surface area (TPSA) is 57.7 Å². The summed E-state index contributed by atoms with van der Waals surface area (Å²) < 4.78 is 24.5. The van der Waals surface area contributed by atoms with Gasteiger partial charge in [-0.15, -0.1) is 0 Å². The number of fused-ring (bicyclic) bond motifs is 1. The molecular weight excluding hydrogens is 324 g/mol. The second kappa shape index (κ2) is 6.84. The Morgan fingerprint density at radius 1 is 1.08 bits per heavy atom. The Hall–Kier alpha value is -1.40. The Morgan fingerprint density at radius 3 is 2.42 bits per heavy atom. The van der Waals surface area contributed by atoms with Crippen molar-refractivity contribution in [3.63, 3.8) is 0 Å². The number of aryl methyl sites for hydroxylation is 1. The number of carbonyl (C=O) groups excluding carboxylic acids is 1. The van der Waals surface area contributed by atoms with Gasteiger partial charge in [0, 0.05) is 11.7 Å². The van der Waals surface area contributed by atoms with E-state index in [9.17, 15) is 13.2 Å². The van der Waals surface area contributed by atoms with E-state index in [1.54, 1.807) is 4.90 Å². The zero-order valence-corrected chi connectivity index (χ0v) is 15.3. The lowest BCUT2D eigenvalue weighted by molar-refractivity contribution is -0.123. The Balaban J connectivity index is 1.87. The van der Waals surface area contributed by atoms with E-state index in [-0.39, 0.29) is 29.5 Å². The van der Waals surface area contributed by atoms with Crippen LogP contribution in [0.3, 0.4) is 0 Å². The molecule has 2 atom stereocenters. The van der Waals surface area contributed by atoms with Crippen molar-refractivity contribution in [1.82, 2.24) is 4.90 Å². The maximum atomic E-state index is 12.8. The molecule has 24 heavy (non-hydrogen) atoms. The van der Waals surface area contributed by atoms with Crippen molar-refractivity contribution < 1.29 is 13.2 Å². The number of amides is 1. The summed E-state index contributed by atoms with van der Waals surface area (Å²) in [6.07, 6.45) is 3.23. The van der Waals surface area contributed by atoms with Crippen LogP contribution in [0.2, 0.25) is 0 Å². The predicted octanol–water partition coefficient (Wildman–Crippen LogP) is 2.00. The molecule has 0 N–H and O–H groups in total. The normalized spacial score (nSPS) is 26.6. The van der Waals surface area contributed by atoms with Gasteiger partial charge in [-0.2, -0.15) is 0 Å². The lowest BCUT2D eigenvalue weighted by Crippen LogP contribution is -2.62. The summed E-state index contributed by atoms with van der Waals surface area (Å²) in [5.74, 6) is 0.245. The van der Waals surface area contributed by atoms with Crippen LogP contribution in [0.15, 0.2) is 24.3 Å². The number of carbonyl (C=O) groups is 1. The van der Waals surface area contributed by atoms with E-state index in [0.29, 0.717) is 6.54 Å². The lowest BCUT2D eigenvalue weighted by atomic mass is 10.0. The number of unbranched alkanes of at least 4 members (excludes halogenated alkanes) is 2. The van der Waals surface area contributed by atoms with Gasteiger partial charge in [0.25, 0.3) is 0 Å². The first kappa shape index (κ1) is 17.4. The molecule has 0 spiro atoms. The monoisotopic (exact) mass is 350 g/mol. The molecule has 3 rings (SSSR count). The summed E-state index contributed by atoms with van der Waals surface area (Å²) in [6, 6.07) is 7.43. The van der Waals surface area contributed by atoms with Crippen molar-refractivity contribution in [3.8, 4) is 0 Å². The molecule has 1 aromatic carbocycles. The van der Waals surface area contributed by atoms with Gasteiger partial charge in [-0.3, -0.25) is 9.69 Å². The smallest absolute Gasteiger partial charge is 0.241 e. The summed E-state index contributed by atoms with van der Waals surface area (Å²) in [4.78, 5) is 16.6. The maximum Gasteiger partial charge on any atom is 0.241 e. The largest absolute Gasteiger partial charge is 0.306 e. The average molecular weight is 350 g/mol. The third-order valence-corrected chi connectivity index (χ3v) is 6.76. The van der Waals surface area contributed by atoms with Gasteiger partial charge in [-0.1, -0.05) is 37.5 Å². The molecule has 6 heteroatoms. The predicted molar refractivity (Wildman–Crippen MR) is 96.0 cm³/mol. The molecule has 0 radical (unpaired) electrons. The van der Waals surface area contributed by atoms with Gasteiger partial charge >= 0.3 is 0 Å². The third-order valence-electron chi connectivity index (χ3n) is 5.06. The number of rotatable bonds is 5. The zero-order chi connectivity index (χ0) is 17.3. The van der Waals surface area contributed by atoms with Crippen molar-refractivity contribution >= 4 is 21.4 Å². The highest BCUT2D eigenvalue weighted by molar-refractivity contribution is 7.91. The first-order valence-corrected chi connectivity index (χ1v) is 10.6. The highest BCUT2D eigenvalue weighted by atomic mass is 32.2. The molecule has 2 saturated heterocycles. The van der Waals surface area contributed by atoms with Gasteiger partial charge in [0.1, 0.15) is 0 Å². The Morgan fingerprint density at radius 2 is 1.75 bits per heavy atom. The molecule has 2 aliphatic heterocycles. The molecule has 5 nitrogen and oxygen atoms in total. The van der Waals surface area contributed by atoms with Crippen LogP contribution in [-0.2, 0) is 14.6 Å². The van der Waals surface area contributed by atoms with Gasteiger partial charge in [0.15, 0.2) is 9.84 Å². The van der Waals surface area contributed by atoms with Gasteiger partial charge in [0.05, 0.1) is 24.1 Å². The molecule has 0 saturated carbocycles. The molecule has 0 bridgehead atoms. The van der Waals surface area contributed by atoms with E-state index in [1.807, 2.05) is 31.2 Å². The van der Waals surface area contributed by atoms with Crippen molar-refractivity contribution in [1.29, 1.82) is 0 Å². The minimum atomic E-state index is -3.10. The highest BCUT2D eigenvalue weighted by Crippen LogP contribution is 2.31. The summed E-state index contributed by atoms with van der Waals surface area (Å²) in [5, 5.41) is 0. The first-order valence-electron chi connectivity index (χ1n) is 8.74. The van der Waals surface area contributed by atoms with Crippen LogP contribution < -0.4 is 4.90 Å². The van der Waals surface area contributed by atoms with E-state index in [2.05, 4.69) is 11.8 Å². The molecule has 1 aromatic rings. The molecule has 2 fully saturated rings. The first-order chi connectivity index (χ1) is 11.4. The third kappa shape index (κ3) is 3.49.